The van der Waals surface area contributed by atoms with Crippen LogP contribution in [0.2, 0.25) is 0 Å². The molecule has 7 nitrogen and oxygen atoms in total. The van der Waals surface area contributed by atoms with Crippen molar-refractivity contribution >= 4 is 27.0 Å². The van der Waals surface area contributed by atoms with Gasteiger partial charge in [-0.2, -0.15) is 0 Å². The number of carbonyl (C=O) groups is 1. The Balaban J connectivity index is 1.36. The van der Waals surface area contributed by atoms with E-state index in [1.54, 1.807) is 0 Å². The number of carbonyl (C=O) groups excluding carboxylic acids is 1. The number of fused-ring (bicyclic) bond motifs is 1. The van der Waals surface area contributed by atoms with Crippen LogP contribution in [0.1, 0.15) is 50.8 Å². The maximum atomic E-state index is 13.0. The minimum absolute atomic E-state index is 0.0948. The molecule has 3 heterocycles. The van der Waals surface area contributed by atoms with Crippen molar-refractivity contribution in [1.82, 2.24) is 14.2 Å². The Morgan fingerprint density at radius 1 is 1.17 bits per heavy atom. The highest BCUT2D eigenvalue weighted by Crippen LogP contribution is 2.31. The third-order valence-electron chi connectivity index (χ3n) is 6.06. The van der Waals surface area contributed by atoms with Crippen LogP contribution in [-0.4, -0.2) is 60.4 Å². The number of nitrogens with zero attached hydrogens (tertiary/aromatic N) is 3. The predicted molar refractivity (Wildman–Crippen MR) is 111 cm³/mol. The van der Waals surface area contributed by atoms with Gasteiger partial charge < -0.3 is 9.32 Å². The molecule has 0 aliphatic carbocycles. The maximum Gasteiger partial charge on any atom is 0.227 e. The van der Waals surface area contributed by atoms with E-state index in [4.69, 9.17) is 4.42 Å². The second-order valence-electron chi connectivity index (χ2n) is 8.13. The van der Waals surface area contributed by atoms with Crippen LogP contribution in [0.25, 0.3) is 11.1 Å². The van der Waals surface area contributed by atoms with E-state index >= 15 is 0 Å². The van der Waals surface area contributed by atoms with Crippen LogP contribution in [0.4, 0.5) is 0 Å². The summed E-state index contributed by atoms with van der Waals surface area (Å²) in [5, 5.41) is 0. The Labute approximate surface area is 172 Å². The van der Waals surface area contributed by atoms with Crippen molar-refractivity contribution in [2.75, 3.05) is 31.9 Å². The monoisotopic (exact) mass is 419 g/mol. The Bertz CT molecular complexity index is 930. The van der Waals surface area contributed by atoms with Crippen molar-refractivity contribution in [2.45, 2.75) is 44.9 Å². The van der Waals surface area contributed by atoms with E-state index in [1.165, 1.54) is 4.31 Å². The number of benzene rings is 1. The van der Waals surface area contributed by atoms with Gasteiger partial charge in [-0.3, -0.25) is 4.79 Å². The summed E-state index contributed by atoms with van der Waals surface area (Å²) in [6.45, 7) is 4.06. The molecule has 0 saturated carbocycles. The van der Waals surface area contributed by atoms with Gasteiger partial charge in [0.25, 0.3) is 0 Å². The highest BCUT2D eigenvalue weighted by atomic mass is 32.2. The number of aromatic nitrogens is 1. The van der Waals surface area contributed by atoms with Gasteiger partial charge in [-0.25, -0.2) is 17.7 Å². The van der Waals surface area contributed by atoms with Gasteiger partial charge in [0.2, 0.25) is 15.9 Å². The lowest BCUT2D eigenvalue weighted by Crippen LogP contribution is -2.48. The van der Waals surface area contributed by atoms with Crippen molar-refractivity contribution in [2.24, 2.45) is 5.92 Å². The molecule has 0 radical (unpaired) electrons. The van der Waals surface area contributed by atoms with Crippen LogP contribution in [-0.2, 0) is 14.8 Å². The minimum atomic E-state index is -3.25. The molecule has 8 heteroatoms. The highest BCUT2D eigenvalue weighted by molar-refractivity contribution is 7.89. The molecule has 2 aromatic rings. The minimum Gasteiger partial charge on any atom is -0.440 e. The molecular formula is C21H29N3O4S. The maximum absolute atomic E-state index is 13.0. The number of hydrogen-bond acceptors (Lipinski definition) is 5. The number of amides is 1. The molecule has 158 valence electrons. The van der Waals surface area contributed by atoms with Crippen LogP contribution < -0.4 is 0 Å². The second-order valence-corrected chi connectivity index (χ2v) is 10.2. The van der Waals surface area contributed by atoms with Crippen LogP contribution in [0.15, 0.2) is 28.7 Å². The largest absolute Gasteiger partial charge is 0.440 e. The van der Waals surface area contributed by atoms with Crippen molar-refractivity contribution < 1.29 is 17.6 Å². The zero-order valence-corrected chi connectivity index (χ0v) is 17.7. The topological polar surface area (TPSA) is 83.7 Å². The molecule has 1 amide bonds. The van der Waals surface area contributed by atoms with E-state index in [2.05, 4.69) is 4.98 Å². The second kappa shape index (κ2) is 8.44. The summed E-state index contributed by atoms with van der Waals surface area (Å²) in [4.78, 5) is 19.5. The Kier molecular flexibility index (Phi) is 5.92. The summed E-state index contributed by atoms with van der Waals surface area (Å²) in [7, 11) is -3.25. The molecule has 0 spiro atoms. The summed E-state index contributed by atoms with van der Waals surface area (Å²) in [6.07, 6.45) is 3.76. The first-order valence-corrected chi connectivity index (χ1v) is 12.2. The van der Waals surface area contributed by atoms with Gasteiger partial charge in [0.15, 0.2) is 11.5 Å². The van der Waals surface area contributed by atoms with E-state index in [0.29, 0.717) is 32.6 Å². The van der Waals surface area contributed by atoms with Crippen LogP contribution in [0.3, 0.4) is 0 Å². The molecule has 29 heavy (non-hydrogen) atoms. The normalized spacial score (nSPS) is 22.2. The number of sulfonamides is 1. The lowest BCUT2D eigenvalue weighted by atomic mass is 9.93. The molecule has 2 aliphatic heterocycles. The van der Waals surface area contributed by atoms with Gasteiger partial charge in [0, 0.05) is 32.1 Å². The molecule has 0 bridgehead atoms. The van der Waals surface area contributed by atoms with Crippen molar-refractivity contribution in [3.8, 4) is 0 Å². The Hall–Kier alpha value is -1.93. The van der Waals surface area contributed by atoms with Crippen molar-refractivity contribution in [1.29, 1.82) is 0 Å². The van der Waals surface area contributed by atoms with Crippen LogP contribution in [0.5, 0.6) is 0 Å². The van der Waals surface area contributed by atoms with Crippen molar-refractivity contribution in [3.63, 3.8) is 0 Å². The lowest BCUT2D eigenvalue weighted by molar-refractivity contribution is -0.137. The molecule has 2 saturated heterocycles. The fraction of sp³-hybridized carbons (Fsp3) is 0.619. The molecule has 4 rings (SSSR count). The first-order valence-electron chi connectivity index (χ1n) is 10.6. The van der Waals surface area contributed by atoms with Crippen LogP contribution in [0, 0.1) is 5.92 Å². The molecule has 1 aromatic heterocycles. The van der Waals surface area contributed by atoms with E-state index < -0.39 is 10.0 Å². The van der Waals surface area contributed by atoms with Gasteiger partial charge in [-0.1, -0.05) is 19.1 Å². The predicted octanol–water partition coefficient (Wildman–Crippen LogP) is 2.99. The van der Waals surface area contributed by atoms with E-state index in [1.807, 2.05) is 36.1 Å². The summed E-state index contributed by atoms with van der Waals surface area (Å²) >= 11 is 0. The van der Waals surface area contributed by atoms with E-state index in [-0.39, 0.29) is 23.5 Å². The molecule has 0 N–H and O–H groups in total. The van der Waals surface area contributed by atoms with Gasteiger partial charge in [0.1, 0.15) is 5.52 Å². The third kappa shape index (κ3) is 4.33. The molecule has 2 aliphatic rings. The van der Waals surface area contributed by atoms with Gasteiger partial charge in [0.05, 0.1) is 11.7 Å². The Morgan fingerprint density at radius 2 is 1.93 bits per heavy atom. The Morgan fingerprint density at radius 3 is 2.66 bits per heavy atom. The first-order chi connectivity index (χ1) is 14.0. The number of likely N-dealkylation sites (tertiary alicyclic amines) is 1. The molecule has 2 fully saturated rings. The SMILES string of the molecule is CCCS(=O)(=O)N1CCC[C@H](C(=O)N2CCC(c3nc4ccccc4o3)CC2)C1. The highest BCUT2D eigenvalue weighted by Gasteiger charge is 2.35. The lowest BCUT2D eigenvalue weighted by Gasteiger charge is -2.37. The third-order valence-corrected chi connectivity index (χ3v) is 8.10. The fourth-order valence-electron chi connectivity index (χ4n) is 4.45. The first kappa shape index (κ1) is 20.3. The number of para-hydroxylation sites is 2. The molecular weight excluding hydrogens is 390 g/mol. The van der Waals surface area contributed by atoms with Gasteiger partial charge in [-0.05, 0) is 44.2 Å². The van der Waals surface area contributed by atoms with E-state index in [9.17, 15) is 13.2 Å². The fourth-order valence-corrected chi connectivity index (χ4v) is 6.04. The van der Waals surface area contributed by atoms with Crippen LogP contribution >= 0.6 is 0 Å². The molecule has 0 unspecified atom stereocenters. The summed E-state index contributed by atoms with van der Waals surface area (Å²) in [5.41, 5.74) is 1.67. The zero-order valence-electron chi connectivity index (χ0n) is 16.9. The standard InChI is InChI=1S/C21H29N3O4S/c1-2-14-29(26,27)24-11-5-6-17(15-24)21(25)23-12-9-16(10-13-23)20-22-18-7-3-4-8-19(18)28-20/h3-4,7-8,16-17H,2,5-6,9-15H2,1H3/t17-/m0/s1. The van der Waals surface area contributed by atoms with Gasteiger partial charge >= 0.3 is 0 Å². The quantitative estimate of drug-likeness (QED) is 0.744. The number of rotatable bonds is 5. The summed E-state index contributed by atoms with van der Waals surface area (Å²) in [5.74, 6) is 1.00. The smallest absolute Gasteiger partial charge is 0.227 e. The average Bonchev–Trinajstić information content (AvgIpc) is 3.18. The summed E-state index contributed by atoms with van der Waals surface area (Å²) in [6, 6.07) is 7.76. The molecule has 1 atom stereocenters. The number of hydrogen-bond donors (Lipinski definition) is 0. The average molecular weight is 420 g/mol. The summed E-state index contributed by atoms with van der Waals surface area (Å²) < 4.78 is 32.2. The van der Waals surface area contributed by atoms with Gasteiger partial charge in [-0.15, -0.1) is 0 Å². The van der Waals surface area contributed by atoms with E-state index in [0.717, 1.165) is 42.7 Å². The van der Waals surface area contributed by atoms with Crippen molar-refractivity contribution in [3.05, 3.63) is 30.2 Å². The number of piperidine rings is 2. The number of oxazole rings is 1. The molecule has 1 aromatic carbocycles. The zero-order chi connectivity index (χ0) is 20.4.